The summed E-state index contributed by atoms with van der Waals surface area (Å²) in [5.41, 5.74) is 2.90. The monoisotopic (exact) mass is 430 g/mol. The second kappa shape index (κ2) is 9.36. The fraction of sp³-hybridized carbons (Fsp3) is 0.0400. The van der Waals surface area contributed by atoms with Crippen LogP contribution < -0.4 is 10.6 Å². The van der Waals surface area contributed by atoms with Crippen LogP contribution in [-0.4, -0.2) is 11.8 Å². The molecular weight excluding hydrogens is 411 g/mol. The van der Waals surface area contributed by atoms with E-state index in [-0.39, 0.29) is 11.8 Å². The molecule has 31 heavy (non-hydrogen) atoms. The van der Waals surface area contributed by atoms with Gasteiger partial charge in [-0.2, -0.15) is 0 Å². The van der Waals surface area contributed by atoms with Gasteiger partial charge in [-0.05, 0) is 59.7 Å². The van der Waals surface area contributed by atoms with E-state index >= 15 is 0 Å². The van der Waals surface area contributed by atoms with E-state index in [0.717, 1.165) is 16.0 Å². The lowest BCUT2D eigenvalue weighted by Gasteiger charge is -2.08. The standard InChI is InChI=1S/C25H19FN2O2S/c26-20-11-9-19(10-12-20)24(29)28-21-8-4-5-17(15-21)16-27-25(30)23-14-13-22(31-23)18-6-2-1-3-7-18/h1-15H,16H2,(H,27,30)(H,28,29). The summed E-state index contributed by atoms with van der Waals surface area (Å²) in [6.45, 7) is 0.331. The minimum Gasteiger partial charge on any atom is -0.347 e. The van der Waals surface area contributed by atoms with Crippen molar-refractivity contribution in [3.63, 3.8) is 0 Å². The number of hydrogen-bond donors (Lipinski definition) is 2. The smallest absolute Gasteiger partial charge is 0.261 e. The zero-order valence-corrected chi connectivity index (χ0v) is 17.3. The molecule has 0 unspecified atom stereocenters. The predicted molar refractivity (Wildman–Crippen MR) is 122 cm³/mol. The number of anilines is 1. The third-order valence-electron chi connectivity index (χ3n) is 4.63. The van der Waals surface area contributed by atoms with Gasteiger partial charge >= 0.3 is 0 Å². The first-order chi connectivity index (χ1) is 15.1. The minimum absolute atomic E-state index is 0.145. The van der Waals surface area contributed by atoms with E-state index in [1.165, 1.54) is 35.6 Å². The molecular formula is C25H19FN2O2S. The van der Waals surface area contributed by atoms with Crippen LogP contribution in [0.1, 0.15) is 25.6 Å². The number of nitrogens with one attached hydrogen (secondary N) is 2. The summed E-state index contributed by atoms with van der Waals surface area (Å²) in [5.74, 6) is -0.864. The van der Waals surface area contributed by atoms with E-state index in [1.54, 1.807) is 18.2 Å². The van der Waals surface area contributed by atoms with Crippen molar-refractivity contribution in [2.24, 2.45) is 0 Å². The molecule has 2 N–H and O–H groups in total. The van der Waals surface area contributed by atoms with Gasteiger partial charge in [0.05, 0.1) is 4.88 Å². The second-order valence-corrected chi connectivity index (χ2v) is 7.96. The molecule has 6 heteroatoms. The van der Waals surface area contributed by atoms with Crippen LogP contribution >= 0.6 is 11.3 Å². The fourth-order valence-corrected chi connectivity index (χ4v) is 3.98. The van der Waals surface area contributed by atoms with E-state index in [4.69, 9.17) is 0 Å². The van der Waals surface area contributed by atoms with Crippen LogP contribution in [0.2, 0.25) is 0 Å². The molecule has 154 valence electrons. The Balaban J connectivity index is 1.37. The Hall–Kier alpha value is -3.77. The van der Waals surface area contributed by atoms with Gasteiger partial charge in [0.2, 0.25) is 0 Å². The quantitative estimate of drug-likeness (QED) is 0.410. The normalized spacial score (nSPS) is 10.5. The molecule has 4 nitrogen and oxygen atoms in total. The van der Waals surface area contributed by atoms with Gasteiger partial charge in [0.15, 0.2) is 0 Å². The predicted octanol–water partition coefficient (Wildman–Crippen LogP) is 5.74. The third kappa shape index (κ3) is 5.24. The zero-order chi connectivity index (χ0) is 21.6. The molecule has 0 bridgehead atoms. The van der Waals surface area contributed by atoms with Crippen molar-refractivity contribution in [3.8, 4) is 10.4 Å². The minimum atomic E-state index is -0.393. The highest BCUT2D eigenvalue weighted by molar-refractivity contribution is 7.17. The lowest BCUT2D eigenvalue weighted by Crippen LogP contribution is -2.21. The van der Waals surface area contributed by atoms with Gasteiger partial charge < -0.3 is 10.6 Å². The van der Waals surface area contributed by atoms with Crippen molar-refractivity contribution in [2.75, 3.05) is 5.32 Å². The van der Waals surface area contributed by atoms with Crippen LogP contribution in [0.25, 0.3) is 10.4 Å². The Bertz CT molecular complexity index is 1200. The number of hydrogen-bond acceptors (Lipinski definition) is 3. The Morgan fingerprint density at radius 2 is 1.58 bits per heavy atom. The first-order valence-corrected chi connectivity index (χ1v) is 10.5. The molecule has 0 saturated carbocycles. The first-order valence-electron chi connectivity index (χ1n) is 9.68. The molecule has 4 aromatic rings. The molecule has 4 rings (SSSR count). The van der Waals surface area contributed by atoms with Crippen LogP contribution in [0.15, 0.2) is 91.0 Å². The van der Waals surface area contributed by atoms with Gasteiger partial charge in [-0.3, -0.25) is 9.59 Å². The molecule has 0 atom stereocenters. The maximum Gasteiger partial charge on any atom is 0.261 e. The largest absolute Gasteiger partial charge is 0.347 e. The number of halogens is 1. The van der Waals surface area contributed by atoms with Gasteiger partial charge in [-0.1, -0.05) is 42.5 Å². The Morgan fingerprint density at radius 1 is 0.806 bits per heavy atom. The van der Waals surface area contributed by atoms with E-state index in [0.29, 0.717) is 22.7 Å². The van der Waals surface area contributed by atoms with Crippen LogP contribution in [0.5, 0.6) is 0 Å². The summed E-state index contributed by atoms with van der Waals surface area (Å²) >= 11 is 1.44. The van der Waals surface area contributed by atoms with Gasteiger partial charge in [-0.25, -0.2) is 4.39 Å². The van der Waals surface area contributed by atoms with Gasteiger partial charge in [-0.15, -0.1) is 11.3 Å². The third-order valence-corrected chi connectivity index (χ3v) is 5.77. The van der Waals surface area contributed by atoms with E-state index in [9.17, 15) is 14.0 Å². The molecule has 0 aliphatic carbocycles. The molecule has 3 aromatic carbocycles. The van der Waals surface area contributed by atoms with Crippen molar-refractivity contribution in [2.45, 2.75) is 6.54 Å². The lowest BCUT2D eigenvalue weighted by molar-refractivity contribution is 0.0954. The second-order valence-electron chi connectivity index (χ2n) is 6.87. The zero-order valence-electron chi connectivity index (χ0n) is 16.5. The lowest BCUT2D eigenvalue weighted by atomic mass is 10.1. The molecule has 2 amide bonds. The average molecular weight is 431 g/mol. The molecule has 0 aliphatic heterocycles. The Morgan fingerprint density at radius 3 is 2.35 bits per heavy atom. The Kier molecular flexibility index (Phi) is 6.19. The summed E-state index contributed by atoms with van der Waals surface area (Å²) in [4.78, 5) is 26.5. The topological polar surface area (TPSA) is 58.2 Å². The SMILES string of the molecule is O=C(Nc1cccc(CNC(=O)c2ccc(-c3ccccc3)s2)c1)c1ccc(F)cc1. The molecule has 0 saturated heterocycles. The van der Waals surface area contributed by atoms with Crippen molar-refractivity contribution in [1.29, 1.82) is 0 Å². The molecule has 1 heterocycles. The molecule has 0 aliphatic rings. The summed E-state index contributed by atoms with van der Waals surface area (Å²) in [5, 5.41) is 5.70. The van der Waals surface area contributed by atoms with Crippen LogP contribution in [0.3, 0.4) is 0 Å². The highest BCUT2D eigenvalue weighted by Crippen LogP contribution is 2.27. The van der Waals surface area contributed by atoms with Crippen molar-refractivity contribution in [3.05, 3.63) is 113 Å². The Labute approximate surface area is 183 Å². The summed E-state index contributed by atoms with van der Waals surface area (Å²) in [6, 6.07) is 26.3. The van der Waals surface area contributed by atoms with Gasteiger partial charge in [0.25, 0.3) is 11.8 Å². The van der Waals surface area contributed by atoms with Crippen molar-refractivity contribution < 1.29 is 14.0 Å². The summed E-state index contributed by atoms with van der Waals surface area (Å²) < 4.78 is 13.0. The molecule has 0 radical (unpaired) electrons. The summed E-state index contributed by atoms with van der Waals surface area (Å²) in [7, 11) is 0. The number of rotatable bonds is 6. The number of thiophene rings is 1. The van der Waals surface area contributed by atoms with Crippen LogP contribution in [0.4, 0.5) is 10.1 Å². The highest BCUT2D eigenvalue weighted by atomic mass is 32.1. The van der Waals surface area contributed by atoms with Gasteiger partial charge in [0.1, 0.15) is 5.82 Å². The van der Waals surface area contributed by atoms with E-state index in [2.05, 4.69) is 10.6 Å². The van der Waals surface area contributed by atoms with E-state index < -0.39 is 5.82 Å². The van der Waals surface area contributed by atoms with Crippen molar-refractivity contribution >= 4 is 28.8 Å². The van der Waals surface area contributed by atoms with Crippen LogP contribution in [-0.2, 0) is 6.54 Å². The summed E-state index contributed by atoms with van der Waals surface area (Å²) in [6.07, 6.45) is 0. The highest BCUT2D eigenvalue weighted by Gasteiger charge is 2.11. The molecule has 1 aromatic heterocycles. The van der Waals surface area contributed by atoms with Crippen molar-refractivity contribution in [1.82, 2.24) is 5.32 Å². The number of amides is 2. The molecule has 0 spiro atoms. The van der Waals surface area contributed by atoms with E-state index in [1.807, 2.05) is 48.5 Å². The number of benzene rings is 3. The van der Waals surface area contributed by atoms with Gasteiger partial charge in [0, 0.05) is 22.7 Å². The number of carbonyl (C=O) groups is 2. The first kappa shape index (κ1) is 20.5. The molecule has 0 fully saturated rings. The maximum absolute atomic E-state index is 13.0. The maximum atomic E-state index is 13.0. The number of carbonyl (C=O) groups excluding carboxylic acids is 2. The fourth-order valence-electron chi connectivity index (χ4n) is 3.05. The van der Waals surface area contributed by atoms with Crippen LogP contribution in [0, 0.1) is 5.82 Å². The average Bonchev–Trinajstić information content (AvgIpc) is 3.29.